The monoisotopic (exact) mass is 255 g/mol. The van der Waals surface area contributed by atoms with Crippen LogP contribution < -0.4 is 16.4 Å². The molecule has 18 heavy (non-hydrogen) atoms. The van der Waals surface area contributed by atoms with Gasteiger partial charge in [-0.25, -0.2) is 0 Å². The number of rotatable bonds is 6. The molecule has 4 N–H and O–H groups in total. The second-order valence-corrected chi connectivity index (χ2v) is 4.95. The molecule has 0 radical (unpaired) electrons. The van der Waals surface area contributed by atoms with Crippen LogP contribution in [-0.4, -0.2) is 31.4 Å². The highest BCUT2D eigenvalue weighted by Gasteiger charge is 2.29. The highest BCUT2D eigenvalue weighted by molar-refractivity contribution is 5.85. The van der Waals surface area contributed by atoms with E-state index in [1.165, 1.54) is 0 Å². The van der Waals surface area contributed by atoms with E-state index in [1.54, 1.807) is 0 Å². The van der Waals surface area contributed by atoms with Gasteiger partial charge in [-0.1, -0.05) is 19.8 Å². The van der Waals surface area contributed by atoms with E-state index in [1.807, 2.05) is 6.92 Å². The Balaban J connectivity index is 2.32. The maximum Gasteiger partial charge on any atom is 0.239 e. The predicted molar refractivity (Wildman–Crippen MR) is 70.8 cm³/mol. The highest BCUT2D eigenvalue weighted by Crippen LogP contribution is 2.29. The van der Waals surface area contributed by atoms with Gasteiger partial charge in [-0.2, -0.15) is 0 Å². The molecule has 0 aromatic rings. The van der Waals surface area contributed by atoms with Crippen LogP contribution in [0, 0.1) is 11.8 Å². The normalized spacial score (nSPS) is 23.4. The molecule has 2 unspecified atom stereocenters. The molecule has 0 aromatic heterocycles. The van der Waals surface area contributed by atoms with Gasteiger partial charge < -0.3 is 16.4 Å². The summed E-state index contributed by atoms with van der Waals surface area (Å²) in [7, 11) is 0. The van der Waals surface area contributed by atoms with E-state index in [0.29, 0.717) is 13.1 Å². The lowest BCUT2D eigenvalue weighted by molar-refractivity contribution is -0.130. The van der Waals surface area contributed by atoms with E-state index in [-0.39, 0.29) is 30.2 Å². The van der Waals surface area contributed by atoms with Crippen LogP contribution in [0.1, 0.15) is 39.0 Å². The third-order valence-electron chi connectivity index (χ3n) is 3.54. The summed E-state index contributed by atoms with van der Waals surface area (Å²) in [6.07, 6.45) is 5.05. The van der Waals surface area contributed by atoms with E-state index >= 15 is 0 Å². The molecular weight excluding hydrogens is 230 g/mol. The zero-order valence-corrected chi connectivity index (χ0v) is 11.2. The fourth-order valence-corrected chi connectivity index (χ4v) is 2.46. The highest BCUT2D eigenvalue weighted by atomic mass is 16.2. The topological polar surface area (TPSA) is 84.2 Å². The number of carbonyl (C=O) groups is 2. The standard InChI is InChI=1S/C13H25N3O2/c1-2-7-15-12(17)9-16-13(18)11-6-4-3-5-10(11)8-14/h10-11H,2-9,14H2,1H3,(H,15,17)(H,16,18). The summed E-state index contributed by atoms with van der Waals surface area (Å²) in [4.78, 5) is 23.4. The van der Waals surface area contributed by atoms with Crippen LogP contribution >= 0.6 is 0 Å². The lowest BCUT2D eigenvalue weighted by Crippen LogP contribution is -2.43. The van der Waals surface area contributed by atoms with Crippen molar-refractivity contribution in [3.8, 4) is 0 Å². The van der Waals surface area contributed by atoms with Crippen molar-refractivity contribution in [2.45, 2.75) is 39.0 Å². The van der Waals surface area contributed by atoms with Gasteiger partial charge in [-0.05, 0) is 31.7 Å². The molecule has 0 aliphatic heterocycles. The first-order chi connectivity index (χ1) is 8.69. The minimum Gasteiger partial charge on any atom is -0.355 e. The van der Waals surface area contributed by atoms with Crippen molar-refractivity contribution in [2.75, 3.05) is 19.6 Å². The number of nitrogens with two attached hydrogens (primary N) is 1. The molecule has 2 amide bonds. The number of hydrogen-bond acceptors (Lipinski definition) is 3. The van der Waals surface area contributed by atoms with Crippen molar-refractivity contribution in [1.82, 2.24) is 10.6 Å². The summed E-state index contributed by atoms with van der Waals surface area (Å²) in [5, 5.41) is 5.46. The molecule has 0 bridgehead atoms. The minimum absolute atomic E-state index is 0.0114. The average Bonchev–Trinajstić information content (AvgIpc) is 2.42. The van der Waals surface area contributed by atoms with Crippen LogP contribution in [0.5, 0.6) is 0 Å². The number of carbonyl (C=O) groups excluding carboxylic acids is 2. The predicted octanol–water partition coefficient (Wildman–Crippen LogP) is 0.394. The zero-order valence-electron chi connectivity index (χ0n) is 11.2. The molecule has 1 rings (SSSR count). The van der Waals surface area contributed by atoms with E-state index in [4.69, 9.17) is 5.73 Å². The first-order valence-corrected chi connectivity index (χ1v) is 6.93. The molecular formula is C13H25N3O2. The van der Waals surface area contributed by atoms with Gasteiger partial charge in [0.15, 0.2) is 0 Å². The summed E-state index contributed by atoms with van der Waals surface area (Å²) in [6.45, 7) is 3.28. The SMILES string of the molecule is CCCNC(=O)CNC(=O)C1CCCCC1CN. The van der Waals surface area contributed by atoms with Crippen molar-refractivity contribution in [2.24, 2.45) is 17.6 Å². The summed E-state index contributed by atoms with van der Waals surface area (Å²) in [5.41, 5.74) is 5.69. The lowest BCUT2D eigenvalue weighted by Gasteiger charge is -2.29. The van der Waals surface area contributed by atoms with Crippen LogP contribution in [-0.2, 0) is 9.59 Å². The van der Waals surface area contributed by atoms with E-state index in [0.717, 1.165) is 32.1 Å². The van der Waals surface area contributed by atoms with Crippen molar-refractivity contribution in [3.63, 3.8) is 0 Å². The molecule has 5 heteroatoms. The summed E-state index contributed by atoms with van der Waals surface area (Å²) < 4.78 is 0. The Kier molecular flexibility index (Phi) is 6.72. The number of amides is 2. The first-order valence-electron chi connectivity index (χ1n) is 6.93. The van der Waals surface area contributed by atoms with Crippen molar-refractivity contribution in [1.29, 1.82) is 0 Å². The van der Waals surface area contributed by atoms with Gasteiger partial charge >= 0.3 is 0 Å². The van der Waals surface area contributed by atoms with Crippen molar-refractivity contribution in [3.05, 3.63) is 0 Å². The van der Waals surface area contributed by atoms with Gasteiger partial charge in [0.1, 0.15) is 0 Å². The average molecular weight is 255 g/mol. The van der Waals surface area contributed by atoms with Gasteiger partial charge in [-0.15, -0.1) is 0 Å². The van der Waals surface area contributed by atoms with Gasteiger partial charge in [0.2, 0.25) is 11.8 Å². The maximum atomic E-state index is 12.0. The molecule has 5 nitrogen and oxygen atoms in total. The van der Waals surface area contributed by atoms with Crippen molar-refractivity contribution < 1.29 is 9.59 Å². The van der Waals surface area contributed by atoms with E-state index in [9.17, 15) is 9.59 Å². The van der Waals surface area contributed by atoms with E-state index < -0.39 is 0 Å². The van der Waals surface area contributed by atoms with E-state index in [2.05, 4.69) is 10.6 Å². The molecule has 0 saturated heterocycles. The van der Waals surface area contributed by atoms with Crippen LogP contribution in [0.2, 0.25) is 0 Å². The van der Waals surface area contributed by atoms with Crippen LogP contribution in [0.25, 0.3) is 0 Å². The second kappa shape index (κ2) is 8.08. The van der Waals surface area contributed by atoms with Crippen LogP contribution in [0.15, 0.2) is 0 Å². The fraction of sp³-hybridized carbons (Fsp3) is 0.846. The molecule has 1 aliphatic carbocycles. The third-order valence-corrected chi connectivity index (χ3v) is 3.54. The minimum atomic E-state index is -0.120. The molecule has 1 saturated carbocycles. The van der Waals surface area contributed by atoms with Crippen molar-refractivity contribution >= 4 is 11.8 Å². The Morgan fingerprint density at radius 2 is 1.94 bits per heavy atom. The Morgan fingerprint density at radius 1 is 1.22 bits per heavy atom. The summed E-state index contributed by atoms with van der Waals surface area (Å²) in [6, 6.07) is 0. The quantitative estimate of drug-likeness (QED) is 0.642. The summed E-state index contributed by atoms with van der Waals surface area (Å²) in [5.74, 6) is 0.127. The maximum absolute atomic E-state index is 12.0. The molecule has 2 atom stereocenters. The molecule has 0 aromatic carbocycles. The number of nitrogens with one attached hydrogen (secondary N) is 2. The first kappa shape index (κ1) is 15.0. The summed E-state index contributed by atoms with van der Waals surface area (Å²) >= 11 is 0. The molecule has 104 valence electrons. The molecule has 0 heterocycles. The van der Waals surface area contributed by atoms with Crippen LogP contribution in [0.3, 0.4) is 0 Å². The Morgan fingerprint density at radius 3 is 2.61 bits per heavy atom. The molecule has 0 spiro atoms. The largest absolute Gasteiger partial charge is 0.355 e. The Labute approximate surface area is 109 Å². The smallest absolute Gasteiger partial charge is 0.239 e. The van der Waals surface area contributed by atoms with Gasteiger partial charge in [-0.3, -0.25) is 9.59 Å². The zero-order chi connectivity index (χ0) is 13.4. The molecule has 1 fully saturated rings. The third kappa shape index (κ3) is 4.64. The Bertz CT molecular complexity index is 281. The fourth-order valence-electron chi connectivity index (χ4n) is 2.46. The molecule has 1 aliphatic rings. The van der Waals surface area contributed by atoms with Gasteiger partial charge in [0, 0.05) is 12.5 Å². The second-order valence-electron chi connectivity index (χ2n) is 4.95. The number of hydrogen-bond donors (Lipinski definition) is 3. The van der Waals surface area contributed by atoms with Crippen LogP contribution in [0.4, 0.5) is 0 Å². The Hall–Kier alpha value is -1.10. The van der Waals surface area contributed by atoms with Gasteiger partial charge in [0.05, 0.1) is 6.54 Å². The van der Waals surface area contributed by atoms with Gasteiger partial charge in [0.25, 0.3) is 0 Å². The lowest BCUT2D eigenvalue weighted by atomic mass is 9.79.